The molecule has 0 bridgehead atoms. The van der Waals surface area contributed by atoms with Crippen molar-refractivity contribution in [2.24, 2.45) is 5.92 Å². The van der Waals surface area contributed by atoms with E-state index in [1.165, 1.54) is 24.3 Å². The third-order valence-electron chi connectivity index (χ3n) is 5.51. The zero-order valence-corrected chi connectivity index (χ0v) is 14.9. The summed E-state index contributed by atoms with van der Waals surface area (Å²) in [6, 6.07) is 11.9. The van der Waals surface area contributed by atoms with Crippen molar-refractivity contribution in [2.45, 2.75) is 37.9 Å². The largest absolute Gasteiger partial charge is 0.416 e. The Balaban J connectivity index is 2.04. The summed E-state index contributed by atoms with van der Waals surface area (Å²) in [5.74, 6) is -0.456. The summed E-state index contributed by atoms with van der Waals surface area (Å²) in [4.78, 5) is 2.27. The Morgan fingerprint density at radius 1 is 1.04 bits per heavy atom. The van der Waals surface area contributed by atoms with Crippen LogP contribution >= 0.6 is 0 Å². The van der Waals surface area contributed by atoms with Crippen LogP contribution in [0.1, 0.15) is 42.4 Å². The molecule has 0 aromatic heterocycles. The Bertz CT molecular complexity index is 738. The van der Waals surface area contributed by atoms with Crippen molar-refractivity contribution >= 4 is 0 Å². The number of alkyl halides is 3. The highest BCUT2D eigenvalue weighted by molar-refractivity contribution is 5.37. The summed E-state index contributed by atoms with van der Waals surface area (Å²) in [7, 11) is 2.06. The second kappa shape index (κ2) is 7.39. The summed E-state index contributed by atoms with van der Waals surface area (Å²) in [6.45, 7) is 3.08. The Morgan fingerprint density at radius 2 is 1.73 bits per heavy atom. The minimum atomic E-state index is -4.38. The average molecular weight is 365 g/mol. The molecule has 1 heterocycles. The number of halogens is 4. The van der Waals surface area contributed by atoms with Crippen molar-refractivity contribution < 1.29 is 17.6 Å². The molecule has 140 valence electrons. The van der Waals surface area contributed by atoms with Gasteiger partial charge in [-0.1, -0.05) is 37.3 Å². The van der Waals surface area contributed by atoms with E-state index in [4.69, 9.17) is 0 Å². The molecule has 1 saturated heterocycles. The van der Waals surface area contributed by atoms with Gasteiger partial charge in [0.2, 0.25) is 0 Å². The quantitative estimate of drug-likeness (QED) is 0.628. The zero-order chi connectivity index (χ0) is 18.9. The van der Waals surface area contributed by atoms with Gasteiger partial charge >= 0.3 is 6.18 Å². The van der Waals surface area contributed by atoms with Crippen LogP contribution in [0.2, 0.25) is 0 Å². The van der Waals surface area contributed by atoms with Gasteiger partial charge in [-0.2, -0.15) is 13.2 Å². The molecule has 0 radical (unpaired) electrons. The third-order valence-corrected chi connectivity index (χ3v) is 5.51. The van der Waals surface area contributed by atoms with Crippen LogP contribution in [0.4, 0.5) is 17.6 Å². The minimum absolute atomic E-state index is 0.108. The average Bonchev–Trinajstić information content (AvgIpc) is 3.02. The van der Waals surface area contributed by atoms with E-state index in [2.05, 4.69) is 18.9 Å². The van der Waals surface area contributed by atoms with E-state index in [9.17, 15) is 17.6 Å². The molecule has 0 amide bonds. The van der Waals surface area contributed by atoms with Gasteiger partial charge in [0.25, 0.3) is 0 Å². The fourth-order valence-electron chi connectivity index (χ4n) is 4.20. The Morgan fingerprint density at radius 3 is 2.31 bits per heavy atom. The van der Waals surface area contributed by atoms with Gasteiger partial charge in [-0.05, 0) is 61.7 Å². The lowest BCUT2D eigenvalue weighted by Crippen LogP contribution is -2.34. The number of hydrogen-bond donors (Lipinski definition) is 0. The number of hydrogen-bond acceptors (Lipinski definition) is 1. The highest BCUT2D eigenvalue weighted by Gasteiger charge is 2.35. The lowest BCUT2D eigenvalue weighted by molar-refractivity contribution is -0.137. The number of likely N-dealkylation sites (tertiary alicyclic amines) is 1. The topological polar surface area (TPSA) is 3.24 Å². The van der Waals surface area contributed by atoms with Crippen molar-refractivity contribution in [3.63, 3.8) is 0 Å². The van der Waals surface area contributed by atoms with Crippen molar-refractivity contribution in [1.82, 2.24) is 4.90 Å². The maximum atomic E-state index is 13.4. The Kier molecular flexibility index (Phi) is 5.37. The molecule has 3 atom stereocenters. The van der Waals surface area contributed by atoms with Gasteiger partial charge in [0.15, 0.2) is 0 Å². The Labute approximate surface area is 151 Å². The molecule has 2 aromatic rings. The van der Waals surface area contributed by atoms with Crippen LogP contribution in [0.3, 0.4) is 0 Å². The van der Waals surface area contributed by atoms with E-state index in [0.29, 0.717) is 11.6 Å². The summed E-state index contributed by atoms with van der Waals surface area (Å²) in [5.41, 5.74) is 0.826. The normalized spacial score (nSPS) is 20.9. The fourth-order valence-corrected chi connectivity index (χ4v) is 4.20. The van der Waals surface area contributed by atoms with Crippen LogP contribution in [0.5, 0.6) is 0 Å². The molecule has 3 rings (SSSR count). The van der Waals surface area contributed by atoms with E-state index < -0.39 is 11.7 Å². The highest BCUT2D eigenvalue weighted by atomic mass is 19.4. The highest BCUT2D eigenvalue weighted by Crippen LogP contribution is 2.40. The molecule has 2 aromatic carbocycles. The van der Waals surface area contributed by atoms with Crippen LogP contribution in [-0.2, 0) is 6.18 Å². The van der Waals surface area contributed by atoms with Crippen molar-refractivity contribution in [3.8, 4) is 0 Å². The zero-order valence-electron chi connectivity index (χ0n) is 14.9. The molecule has 0 unspecified atom stereocenters. The standard InChI is InChI=1S/C21H23F4N/c1-14(19-7-4-12-26(19)2)20(15-8-10-18(22)11-9-15)16-5-3-6-17(13-16)21(23,24)25/h3,5-6,8-11,13-14,19-20H,4,7,12H2,1-2H3/t14-,19+,20-/m0/s1. The summed E-state index contributed by atoms with van der Waals surface area (Å²) in [6.07, 6.45) is -2.27. The molecule has 0 saturated carbocycles. The smallest absolute Gasteiger partial charge is 0.303 e. The first-order valence-electron chi connectivity index (χ1n) is 8.90. The molecule has 0 N–H and O–H groups in total. The van der Waals surface area contributed by atoms with Gasteiger partial charge in [-0.25, -0.2) is 4.39 Å². The molecule has 5 heteroatoms. The van der Waals surface area contributed by atoms with Crippen molar-refractivity contribution in [2.75, 3.05) is 13.6 Å². The molecular formula is C21H23F4N. The van der Waals surface area contributed by atoms with E-state index in [1.54, 1.807) is 18.2 Å². The molecular weight excluding hydrogens is 342 g/mol. The summed E-state index contributed by atoms with van der Waals surface area (Å²) >= 11 is 0. The van der Waals surface area contributed by atoms with E-state index >= 15 is 0 Å². The van der Waals surface area contributed by atoms with Gasteiger partial charge in [-0.3, -0.25) is 0 Å². The first-order valence-corrected chi connectivity index (χ1v) is 8.90. The van der Waals surface area contributed by atoms with E-state index in [0.717, 1.165) is 31.0 Å². The monoisotopic (exact) mass is 365 g/mol. The Hall–Kier alpha value is -1.88. The molecule has 1 aliphatic heterocycles. The second-order valence-corrected chi connectivity index (χ2v) is 7.20. The van der Waals surface area contributed by atoms with Crippen LogP contribution < -0.4 is 0 Å². The molecule has 1 nitrogen and oxygen atoms in total. The van der Waals surface area contributed by atoms with Crippen LogP contribution in [0.25, 0.3) is 0 Å². The predicted octanol–water partition coefficient (Wildman–Crippen LogP) is 5.71. The van der Waals surface area contributed by atoms with Gasteiger partial charge in [0.1, 0.15) is 5.82 Å². The second-order valence-electron chi connectivity index (χ2n) is 7.20. The summed E-state index contributed by atoms with van der Waals surface area (Å²) < 4.78 is 53.0. The van der Waals surface area contributed by atoms with Crippen molar-refractivity contribution in [3.05, 3.63) is 71.0 Å². The van der Waals surface area contributed by atoms with Gasteiger partial charge < -0.3 is 4.90 Å². The maximum Gasteiger partial charge on any atom is 0.416 e. The third kappa shape index (κ3) is 3.93. The summed E-state index contributed by atoms with van der Waals surface area (Å²) in [5, 5.41) is 0. The van der Waals surface area contributed by atoms with Crippen LogP contribution in [0.15, 0.2) is 48.5 Å². The lowest BCUT2D eigenvalue weighted by atomic mass is 9.77. The van der Waals surface area contributed by atoms with Gasteiger partial charge in [-0.15, -0.1) is 0 Å². The minimum Gasteiger partial charge on any atom is -0.303 e. The number of benzene rings is 2. The SMILES string of the molecule is C[C@H]([C@@H](c1ccc(F)cc1)c1cccc(C(F)(F)F)c1)[C@H]1CCCN1C. The van der Waals surface area contributed by atoms with Gasteiger partial charge in [0.05, 0.1) is 5.56 Å². The van der Waals surface area contributed by atoms with Crippen molar-refractivity contribution in [1.29, 1.82) is 0 Å². The first-order chi connectivity index (χ1) is 12.3. The molecule has 1 fully saturated rings. The van der Waals surface area contributed by atoms with Crippen LogP contribution in [0, 0.1) is 11.7 Å². The maximum absolute atomic E-state index is 13.4. The molecule has 0 spiro atoms. The number of nitrogens with zero attached hydrogens (tertiary/aromatic N) is 1. The van der Waals surface area contributed by atoms with Gasteiger partial charge in [0, 0.05) is 12.0 Å². The van der Waals surface area contributed by atoms with E-state index in [-0.39, 0.29) is 17.7 Å². The fraction of sp³-hybridized carbons (Fsp3) is 0.429. The van der Waals surface area contributed by atoms with Crippen LogP contribution in [-0.4, -0.2) is 24.5 Å². The number of rotatable bonds is 4. The molecule has 0 aliphatic carbocycles. The lowest BCUT2D eigenvalue weighted by Gasteiger charge is -2.33. The van der Waals surface area contributed by atoms with E-state index in [1.807, 2.05) is 0 Å². The first kappa shape index (κ1) is 18.9. The molecule has 26 heavy (non-hydrogen) atoms. The molecule has 1 aliphatic rings. The predicted molar refractivity (Wildman–Crippen MR) is 94.5 cm³/mol.